The van der Waals surface area contributed by atoms with Gasteiger partial charge in [0.2, 0.25) is 0 Å². The molecule has 0 spiro atoms. The highest BCUT2D eigenvalue weighted by Crippen LogP contribution is 2.27. The zero-order chi connectivity index (χ0) is 16.7. The fourth-order valence-corrected chi connectivity index (χ4v) is 2.33. The molecule has 0 aliphatic heterocycles. The van der Waals surface area contributed by atoms with E-state index in [1.807, 2.05) is 30.3 Å². The van der Waals surface area contributed by atoms with Crippen molar-refractivity contribution in [3.8, 4) is 5.75 Å². The van der Waals surface area contributed by atoms with E-state index in [9.17, 15) is 15.2 Å². The molecule has 0 amide bonds. The fourth-order valence-electron chi connectivity index (χ4n) is 2.33. The SMILES string of the molecule is COc1ccc(CNCC(O)Cc2ccccc2)cc1[N+](=O)[O-]. The molecule has 2 N–H and O–H groups in total. The van der Waals surface area contributed by atoms with Crippen LogP contribution in [0, 0.1) is 10.1 Å². The summed E-state index contributed by atoms with van der Waals surface area (Å²) in [5.74, 6) is 0.239. The van der Waals surface area contributed by atoms with Gasteiger partial charge in [0.25, 0.3) is 0 Å². The van der Waals surface area contributed by atoms with Crippen molar-refractivity contribution >= 4 is 5.69 Å². The highest BCUT2D eigenvalue weighted by Gasteiger charge is 2.15. The molecule has 0 aliphatic rings. The molecule has 2 aromatic carbocycles. The Kier molecular flexibility index (Phi) is 6.08. The number of nitro benzene ring substituents is 1. The molecule has 0 saturated heterocycles. The maximum Gasteiger partial charge on any atom is 0.311 e. The second-order valence-corrected chi connectivity index (χ2v) is 5.24. The summed E-state index contributed by atoms with van der Waals surface area (Å²) in [5, 5.41) is 24.1. The van der Waals surface area contributed by atoms with Crippen molar-refractivity contribution < 1.29 is 14.8 Å². The van der Waals surface area contributed by atoms with Crippen LogP contribution in [0.15, 0.2) is 48.5 Å². The lowest BCUT2D eigenvalue weighted by atomic mass is 10.1. The van der Waals surface area contributed by atoms with Crippen LogP contribution < -0.4 is 10.1 Å². The quantitative estimate of drug-likeness (QED) is 0.576. The van der Waals surface area contributed by atoms with Crippen molar-refractivity contribution in [1.29, 1.82) is 0 Å². The van der Waals surface area contributed by atoms with Gasteiger partial charge in [-0.2, -0.15) is 0 Å². The summed E-state index contributed by atoms with van der Waals surface area (Å²) in [4.78, 5) is 10.5. The van der Waals surface area contributed by atoms with Gasteiger partial charge in [0, 0.05) is 19.2 Å². The van der Waals surface area contributed by atoms with Gasteiger partial charge < -0.3 is 15.2 Å². The van der Waals surface area contributed by atoms with Crippen LogP contribution >= 0.6 is 0 Å². The number of aliphatic hydroxyl groups is 1. The van der Waals surface area contributed by atoms with Gasteiger partial charge in [-0.3, -0.25) is 10.1 Å². The van der Waals surface area contributed by atoms with E-state index in [0.29, 0.717) is 19.5 Å². The lowest BCUT2D eigenvalue weighted by molar-refractivity contribution is -0.385. The number of aliphatic hydroxyl groups excluding tert-OH is 1. The van der Waals surface area contributed by atoms with Gasteiger partial charge in [-0.1, -0.05) is 36.4 Å². The van der Waals surface area contributed by atoms with Gasteiger partial charge in [-0.15, -0.1) is 0 Å². The molecular weight excluding hydrogens is 296 g/mol. The monoisotopic (exact) mass is 316 g/mol. The van der Waals surface area contributed by atoms with Crippen LogP contribution in [0.25, 0.3) is 0 Å². The van der Waals surface area contributed by atoms with E-state index in [1.165, 1.54) is 13.2 Å². The predicted molar refractivity (Wildman–Crippen MR) is 87.5 cm³/mol. The molecule has 2 aromatic rings. The highest BCUT2D eigenvalue weighted by molar-refractivity contribution is 5.48. The van der Waals surface area contributed by atoms with Crippen LogP contribution in [-0.2, 0) is 13.0 Å². The summed E-state index contributed by atoms with van der Waals surface area (Å²) in [6.45, 7) is 0.853. The standard InChI is InChI=1S/C17H20N2O4/c1-23-17-8-7-14(10-16(17)19(21)22)11-18-12-15(20)9-13-5-3-2-4-6-13/h2-8,10,15,18,20H,9,11-12H2,1H3. The molecule has 1 unspecified atom stereocenters. The Hall–Kier alpha value is -2.44. The van der Waals surface area contributed by atoms with Crippen molar-refractivity contribution in [2.24, 2.45) is 0 Å². The fraction of sp³-hybridized carbons (Fsp3) is 0.294. The first kappa shape index (κ1) is 16.9. The first-order chi connectivity index (χ1) is 11.1. The molecule has 0 radical (unpaired) electrons. The van der Waals surface area contributed by atoms with Crippen molar-refractivity contribution in [1.82, 2.24) is 5.32 Å². The topological polar surface area (TPSA) is 84.6 Å². The van der Waals surface area contributed by atoms with Gasteiger partial charge in [0.1, 0.15) is 0 Å². The molecule has 122 valence electrons. The zero-order valence-corrected chi connectivity index (χ0v) is 12.9. The van der Waals surface area contributed by atoms with Crippen LogP contribution in [0.3, 0.4) is 0 Å². The average Bonchev–Trinajstić information content (AvgIpc) is 2.55. The molecule has 23 heavy (non-hydrogen) atoms. The van der Waals surface area contributed by atoms with Gasteiger partial charge in [0.15, 0.2) is 5.75 Å². The molecule has 6 heteroatoms. The minimum absolute atomic E-state index is 0.0587. The van der Waals surface area contributed by atoms with Crippen LogP contribution in [0.1, 0.15) is 11.1 Å². The maximum atomic E-state index is 11.0. The summed E-state index contributed by atoms with van der Waals surface area (Å²) in [5.41, 5.74) is 1.78. The number of nitro groups is 1. The van der Waals surface area contributed by atoms with E-state index in [-0.39, 0.29) is 11.4 Å². The third-order valence-electron chi connectivity index (χ3n) is 3.46. The number of nitrogens with zero attached hydrogens (tertiary/aromatic N) is 1. The normalized spacial score (nSPS) is 11.9. The molecule has 0 heterocycles. The van der Waals surface area contributed by atoms with Crippen molar-refractivity contribution in [3.63, 3.8) is 0 Å². The lowest BCUT2D eigenvalue weighted by Crippen LogP contribution is -2.28. The molecule has 2 rings (SSSR count). The molecule has 0 fully saturated rings. The maximum absolute atomic E-state index is 11.0. The summed E-state index contributed by atoms with van der Waals surface area (Å²) in [6, 6.07) is 14.6. The van der Waals surface area contributed by atoms with Gasteiger partial charge in [0.05, 0.1) is 18.1 Å². The Balaban J connectivity index is 1.86. The molecule has 0 aromatic heterocycles. The van der Waals surface area contributed by atoms with E-state index >= 15 is 0 Å². The molecular formula is C17H20N2O4. The van der Waals surface area contributed by atoms with Gasteiger partial charge >= 0.3 is 5.69 Å². The molecule has 1 atom stereocenters. The smallest absolute Gasteiger partial charge is 0.311 e. The molecule has 0 saturated carbocycles. The number of ether oxygens (including phenoxy) is 1. The first-order valence-electron chi connectivity index (χ1n) is 7.34. The second kappa shape index (κ2) is 8.26. The number of rotatable bonds is 8. The second-order valence-electron chi connectivity index (χ2n) is 5.24. The van der Waals surface area contributed by atoms with E-state index in [1.54, 1.807) is 12.1 Å². The van der Waals surface area contributed by atoms with E-state index in [0.717, 1.165) is 11.1 Å². The number of methoxy groups -OCH3 is 1. The highest BCUT2D eigenvalue weighted by atomic mass is 16.6. The number of nitrogens with one attached hydrogen (secondary N) is 1. The predicted octanol–water partition coefficient (Wildman–Crippen LogP) is 2.30. The molecule has 0 bridgehead atoms. The van der Waals surface area contributed by atoms with E-state index in [2.05, 4.69) is 5.32 Å². The largest absolute Gasteiger partial charge is 0.490 e. The third kappa shape index (κ3) is 5.05. The Morgan fingerprint density at radius 1 is 1.22 bits per heavy atom. The minimum Gasteiger partial charge on any atom is -0.490 e. The Morgan fingerprint density at radius 3 is 2.61 bits per heavy atom. The summed E-state index contributed by atoms with van der Waals surface area (Å²) >= 11 is 0. The van der Waals surface area contributed by atoms with Gasteiger partial charge in [-0.05, 0) is 23.6 Å². The Labute approximate surface area is 134 Å². The number of hydrogen-bond donors (Lipinski definition) is 2. The molecule has 0 aliphatic carbocycles. The number of hydrogen-bond acceptors (Lipinski definition) is 5. The van der Waals surface area contributed by atoms with E-state index in [4.69, 9.17) is 4.74 Å². The lowest BCUT2D eigenvalue weighted by Gasteiger charge is -2.12. The Morgan fingerprint density at radius 2 is 1.96 bits per heavy atom. The van der Waals surface area contributed by atoms with Gasteiger partial charge in [-0.25, -0.2) is 0 Å². The first-order valence-corrected chi connectivity index (χ1v) is 7.34. The molecule has 6 nitrogen and oxygen atoms in total. The van der Waals surface area contributed by atoms with Crippen molar-refractivity contribution in [2.75, 3.05) is 13.7 Å². The van der Waals surface area contributed by atoms with Crippen LogP contribution in [0.5, 0.6) is 5.75 Å². The van der Waals surface area contributed by atoms with Crippen molar-refractivity contribution in [2.45, 2.75) is 19.1 Å². The number of benzene rings is 2. The van der Waals surface area contributed by atoms with Crippen LogP contribution in [0.4, 0.5) is 5.69 Å². The third-order valence-corrected chi connectivity index (χ3v) is 3.46. The average molecular weight is 316 g/mol. The summed E-state index contributed by atoms with van der Waals surface area (Å²) < 4.78 is 4.97. The van der Waals surface area contributed by atoms with Crippen LogP contribution in [0.2, 0.25) is 0 Å². The zero-order valence-electron chi connectivity index (χ0n) is 12.9. The summed E-state index contributed by atoms with van der Waals surface area (Å²) in [6.07, 6.45) is 0.0574. The van der Waals surface area contributed by atoms with E-state index < -0.39 is 11.0 Å². The summed E-state index contributed by atoms with van der Waals surface area (Å²) in [7, 11) is 1.40. The Bertz CT molecular complexity index is 646. The van der Waals surface area contributed by atoms with Crippen molar-refractivity contribution in [3.05, 3.63) is 69.8 Å². The van der Waals surface area contributed by atoms with Crippen LogP contribution in [-0.4, -0.2) is 29.8 Å². The minimum atomic E-state index is -0.509.